The van der Waals surface area contributed by atoms with Crippen molar-refractivity contribution in [3.8, 4) is 0 Å². The van der Waals surface area contributed by atoms with Crippen LogP contribution in [0.5, 0.6) is 0 Å². The Labute approximate surface area is 138 Å². The lowest BCUT2D eigenvalue weighted by Gasteiger charge is -2.26. The van der Waals surface area contributed by atoms with Gasteiger partial charge in [-0.15, -0.1) is 0 Å². The van der Waals surface area contributed by atoms with Crippen molar-refractivity contribution in [2.45, 2.75) is 32.9 Å². The second kappa shape index (κ2) is 9.06. The number of ether oxygens (including phenoxy) is 1. The minimum Gasteiger partial charge on any atom is -0.369 e. The third-order valence-electron chi connectivity index (χ3n) is 3.71. The normalized spacial score (nSPS) is 11.9. The van der Waals surface area contributed by atoms with E-state index in [1.54, 1.807) is 12.4 Å². The van der Waals surface area contributed by atoms with E-state index >= 15 is 0 Å². The molecule has 0 spiro atoms. The summed E-state index contributed by atoms with van der Waals surface area (Å²) >= 11 is 0. The number of carbonyl (C=O) groups is 1. The Morgan fingerprint density at radius 1 is 1.13 bits per heavy atom. The van der Waals surface area contributed by atoms with Crippen LogP contribution < -0.4 is 0 Å². The van der Waals surface area contributed by atoms with Crippen LogP contribution in [0.15, 0.2) is 54.9 Å². The molecule has 1 atom stereocenters. The van der Waals surface area contributed by atoms with Gasteiger partial charge < -0.3 is 9.64 Å². The summed E-state index contributed by atoms with van der Waals surface area (Å²) in [6.07, 6.45) is 3.91. The Balaban J connectivity index is 2.05. The van der Waals surface area contributed by atoms with Crippen molar-refractivity contribution >= 4 is 5.91 Å². The molecule has 0 aliphatic heterocycles. The van der Waals surface area contributed by atoms with Gasteiger partial charge in [0.15, 0.2) is 0 Å². The maximum atomic E-state index is 12.6. The Hall–Kier alpha value is -2.20. The molecule has 2 rings (SSSR count). The van der Waals surface area contributed by atoms with E-state index in [2.05, 4.69) is 17.1 Å². The molecule has 0 bridgehead atoms. The first-order valence-corrected chi connectivity index (χ1v) is 8.04. The van der Waals surface area contributed by atoms with Crippen molar-refractivity contribution in [2.24, 2.45) is 0 Å². The van der Waals surface area contributed by atoms with Crippen molar-refractivity contribution in [1.29, 1.82) is 0 Å². The number of hydrogen-bond acceptors (Lipinski definition) is 3. The average Bonchev–Trinajstić information content (AvgIpc) is 2.60. The molecule has 0 saturated carbocycles. The van der Waals surface area contributed by atoms with E-state index in [1.165, 1.54) is 5.56 Å². The van der Waals surface area contributed by atoms with Gasteiger partial charge in [0.1, 0.15) is 6.10 Å². The SMILES string of the molecule is CCOC(C)C(=O)N(CCc1ccccc1)Cc1ccncc1. The van der Waals surface area contributed by atoms with Crippen LogP contribution in [0.3, 0.4) is 0 Å². The smallest absolute Gasteiger partial charge is 0.251 e. The van der Waals surface area contributed by atoms with Crippen LogP contribution in [-0.4, -0.2) is 35.0 Å². The molecule has 4 heteroatoms. The number of pyridine rings is 1. The van der Waals surface area contributed by atoms with E-state index in [1.807, 2.05) is 49.1 Å². The summed E-state index contributed by atoms with van der Waals surface area (Å²) in [6, 6.07) is 14.1. The Morgan fingerprint density at radius 3 is 2.48 bits per heavy atom. The van der Waals surface area contributed by atoms with Gasteiger partial charge in [-0.3, -0.25) is 9.78 Å². The van der Waals surface area contributed by atoms with Crippen LogP contribution in [0.1, 0.15) is 25.0 Å². The molecule has 0 fully saturated rings. The van der Waals surface area contributed by atoms with Crippen LogP contribution in [0, 0.1) is 0 Å². The molecule has 1 amide bonds. The first-order valence-electron chi connectivity index (χ1n) is 8.04. The summed E-state index contributed by atoms with van der Waals surface area (Å²) < 4.78 is 5.47. The molecule has 1 aromatic carbocycles. The zero-order chi connectivity index (χ0) is 16.5. The third-order valence-corrected chi connectivity index (χ3v) is 3.71. The lowest BCUT2D eigenvalue weighted by Crippen LogP contribution is -2.40. The quantitative estimate of drug-likeness (QED) is 0.752. The highest BCUT2D eigenvalue weighted by Crippen LogP contribution is 2.09. The monoisotopic (exact) mass is 312 g/mol. The fourth-order valence-electron chi connectivity index (χ4n) is 2.46. The molecule has 1 unspecified atom stereocenters. The predicted octanol–water partition coefficient (Wildman–Crippen LogP) is 3.08. The van der Waals surface area contributed by atoms with Gasteiger partial charge in [-0.25, -0.2) is 0 Å². The second-order valence-electron chi connectivity index (χ2n) is 5.45. The Morgan fingerprint density at radius 2 is 1.83 bits per heavy atom. The highest BCUT2D eigenvalue weighted by molar-refractivity contribution is 5.80. The zero-order valence-electron chi connectivity index (χ0n) is 13.8. The van der Waals surface area contributed by atoms with Crippen molar-refractivity contribution < 1.29 is 9.53 Å². The van der Waals surface area contributed by atoms with Gasteiger partial charge in [0.25, 0.3) is 5.91 Å². The molecule has 1 heterocycles. The van der Waals surface area contributed by atoms with Gasteiger partial charge in [-0.2, -0.15) is 0 Å². The summed E-state index contributed by atoms with van der Waals surface area (Å²) in [4.78, 5) is 18.5. The van der Waals surface area contributed by atoms with E-state index in [4.69, 9.17) is 4.74 Å². The van der Waals surface area contributed by atoms with Gasteiger partial charge in [0, 0.05) is 32.1 Å². The van der Waals surface area contributed by atoms with Crippen LogP contribution in [0.4, 0.5) is 0 Å². The van der Waals surface area contributed by atoms with Crippen molar-refractivity contribution in [1.82, 2.24) is 9.88 Å². The molecular weight excluding hydrogens is 288 g/mol. The third kappa shape index (κ3) is 5.49. The number of aromatic nitrogens is 1. The fourth-order valence-corrected chi connectivity index (χ4v) is 2.46. The molecule has 1 aromatic heterocycles. The lowest BCUT2D eigenvalue weighted by atomic mass is 10.1. The molecule has 0 N–H and O–H groups in total. The van der Waals surface area contributed by atoms with Crippen LogP contribution in [0.2, 0.25) is 0 Å². The fraction of sp³-hybridized carbons (Fsp3) is 0.368. The number of nitrogens with zero attached hydrogens (tertiary/aromatic N) is 2. The minimum absolute atomic E-state index is 0.0274. The van der Waals surface area contributed by atoms with Crippen LogP contribution in [0.25, 0.3) is 0 Å². The maximum absolute atomic E-state index is 12.6. The summed E-state index contributed by atoms with van der Waals surface area (Å²) in [7, 11) is 0. The standard InChI is InChI=1S/C19H24N2O2/c1-3-23-16(2)19(22)21(15-18-9-12-20-13-10-18)14-11-17-7-5-4-6-8-17/h4-10,12-13,16H,3,11,14-15H2,1-2H3. The number of carbonyl (C=O) groups excluding carboxylic acids is 1. The molecule has 23 heavy (non-hydrogen) atoms. The van der Waals surface area contributed by atoms with Gasteiger partial charge in [-0.1, -0.05) is 30.3 Å². The molecule has 0 aliphatic rings. The van der Waals surface area contributed by atoms with Gasteiger partial charge in [0.2, 0.25) is 0 Å². The molecule has 0 radical (unpaired) electrons. The molecule has 4 nitrogen and oxygen atoms in total. The largest absolute Gasteiger partial charge is 0.369 e. The second-order valence-corrected chi connectivity index (χ2v) is 5.45. The van der Waals surface area contributed by atoms with Crippen LogP contribution >= 0.6 is 0 Å². The summed E-state index contributed by atoms with van der Waals surface area (Å²) in [5, 5.41) is 0. The van der Waals surface area contributed by atoms with Gasteiger partial charge in [-0.05, 0) is 43.5 Å². The summed E-state index contributed by atoms with van der Waals surface area (Å²) in [5.74, 6) is 0.0274. The van der Waals surface area contributed by atoms with Crippen molar-refractivity contribution in [3.63, 3.8) is 0 Å². The number of amides is 1. The predicted molar refractivity (Wildman–Crippen MR) is 90.9 cm³/mol. The van der Waals surface area contributed by atoms with E-state index in [0.717, 1.165) is 12.0 Å². The Kier molecular flexibility index (Phi) is 6.76. The number of benzene rings is 1. The Bertz CT molecular complexity index is 587. The molecular formula is C19H24N2O2. The molecule has 2 aromatic rings. The molecule has 0 aliphatic carbocycles. The highest BCUT2D eigenvalue weighted by atomic mass is 16.5. The number of hydrogen-bond donors (Lipinski definition) is 0. The average molecular weight is 312 g/mol. The van der Waals surface area contributed by atoms with E-state index < -0.39 is 6.10 Å². The first kappa shape index (κ1) is 17.2. The van der Waals surface area contributed by atoms with E-state index in [0.29, 0.717) is 19.7 Å². The van der Waals surface area contributed by atoms with Crippen LogP contribution in [-0.2, 0) is 22.5 Å². The zero-order valence-corrected chi connectivity index (χ0v) is 13.8. The van der Waals surface area contributed by atoms with E-state index in [-0.39, 0.29) is 5.91 Å². The summed E-state index contributed by atoms with van der Waals surface area (Å²) in [5.41, 5.74) is 2.30. The molecule has 0 saturated heterocycles. The van der Waals surface area contributed by atoms with Crippen molar-refractivity contribution in [2.75, 3.05) is 13.2 Å². The highest BCUT2D eigenvalue weighted by Gasteiger charge is 2.20. The minimum atomic E-state index is -0.419. The summed E-state index contributed by atoms with van der Waals surface area (Å²) in [6.45, 7) is 5.50. The first-order chi connectivity index (χ1) is 11.2. The number of rotatable bonds is 8. The lowest BCUT2D eigenvalue weighted by molar-refractivity contribution is -0.143. The molecule has 122 valence electrons. The van der Waals surface area contributed by atoms with Gasteiger partial charge >= 0.3 is 0 Å². The maximum Gasteiger partial charge on any atom is 0.251 e. The van der Waals surface area contributed by atoms with Gasteiger partial charge in [0.05, 0.1) is 0 Å². The van der Waals surface area contributed by atoms with E-state index in [9.17, 15) is 4.79 Å². The van der Waals surface area contributed by atoms with Crippen molar-refractivity contribution in [3.05, 3.63) is 66.0 Å². The topological polar surface area (TPSA) is 42.4 Å².